The zero-order valence-electron chi connectivity index (χ0n) is 17.3. The van der Waals surface area contributed by atoms with E-state index >= 15 is 0 Å². The smallest absolute Gasteiger partial charge is 0.166 e. The van der Waals surface area contributed by atoms with E-state index in [-0.39, 0.29) is 17.3 Å². The third-order valence-corrected chi connectivity index (χ3v) is 8.60. The van der Waals surface area contributed by atoms with E-state index in [1.54, 1.807) is 6.07 Å². The van der Waals surface area contributed by atoms with Gasteiger partial charge in [0.25, 0.3) is 0 Å². The van der Waals surface area contributed by atoms with Crippen molar-refractivity contribution in [2.24, 2.45) is 5.92 Å². The zero-order valence-corrected chi connectivity index (χ0v) is 18.1. The second-order valence-corrected chi connectivity index (χ2v) is 9.95. The largest absolute Gasteiger partial charge is 0.504 e. The summed E-state index contributed by atoms with van der Waals surface area (Å²) in [6.07, 6.45) is 4.81. The molecule has 0 radical (unpaired) electrons. The SMILES string of the molecule is CN1CC[C@]23c4c5ccc(O)c4O[C@H]2c2ncc(-c4ccccc4Cl)cc2C[C@H]3[C@@H]1C5. The van der Waals surface area contributed by atoms with E-state index in [2.05, 4.69) is 24.1 Å². The number of nitrogens with zero attached hydrogens (tertiary/aromatic N) is 2. The minimum absolute atomic E-state index is 0.0925. The first-order valence-corrected chi connectivity index (χ1v) is 11.4. The molecular weight excluding hydrogens is 408 g/mol. The van der Waals surface area contributed by atoms with Gasteiger partial charge in [0, 0.05) is 39.4 Å². The molecule has 1 spiro atoms. The highest BCUT2D eigenvalue weighted by atomic mass is 35.5. The molecule has 1 fully saturated rings. The molecule has 0 saturated carbocycles. The van der Waals surface area contributed by atoms with E-state index in [0.29, 0.717) is 17.7 Å². The molecule has 156 valence electrons. The number of benzene rings is 2. The van der Waals surface area contributed by atoms with Gasteiger partial charge in [-0.05, 0) is 68.1 Å². The Labute approximate surface area is 186 Å². The van der Waals surface area contributed by atoms with Crippen molar-refractivity contribution < 1.29 is 9.84 Å². The first-order valence-electron chi connectivity index (χ1n) is 11.0. The predicted octanol–water partition coefficient (Wildman–Crippen LogP) is 4.91. The molecule has 4 atom stereocenters. The van der Waals surface area contributed by atoms with Crippen LogP contribution in [-0.2, 0) is 18.3 Å². The Bertz CT molecular complexity index is 1260. The van der Waals surface area contributed by atoms with Crippen LogP contribution < -0.4 is 4.74 Å². The van der Waals surface area contributed by atoms with Crippen molar-refractivity contribution in [2.75, 3.05) is 13.6 Å². The quantitative estimate of drug-likeness (QED) is 0.595. The molecular formula is C26H23ClN2O2. The van der Waals surface area contributed by atoms with Crippen molar-refractivity contribution >= 4 is 11.6 Å². The van der Waals surface area contributed by atoms with Crippen molar-refractivity contribution in [2.45, 2.75) is 36.8 Å². The molecule has 2 aliphatic carbocycles. The second-order valence-electron chi connectivity index (χ2n) is 9.55. The van der Waals surface area contributed by atoms with E-state index in [1.807, 2.05) is 30.5 Å². The Hall–Kier alpha value is -2.56. The number of aromatic nitrogens is 1. The van der Waals surface area contributed by atoms with E-state index in [0.717, 1.165) is 47.7 Å². The number of ether oxygens (including phenoxy) is 1. The van der Waals surface area contributed by atoms with Gasteiger partial charge in [-0.15, -0.1) is 0 Å². The minimum Gasteiger partial charge on any atom is -0.504 e. The van der Waals surface area contributed by atoms with E-state index in [4.69, 9.17) is 21.3 Å². The van der Waals surface area contributed by atoms with Gasteiger partial charge in [0.1, 0.15) is 0 Å². The number of pyridine rings is 1. The molecule has 31 heavy (non-hydrogen) atoms. The number of fused-ring (bicyclic) bond motifs is 2. The van der Waals surface area contributed by atoms with Crippen molar-refractivity contribution in [3.8, 4) is 22.6 Å². The Morgan fingerprint density at radius 1 is 1.16 bits per heavy atom. The molecule has 3 heterocycles. The Kier molecular flexibility index (Phi) is 3.51. The van der Waals surface area contributed by atoms with Gasteiger partial charge in [0.05, 0.1) is 5.69 Å². The minimum atomic E-state index is -0.139. The summed E-state index contributed by atoms with van der Waals surface area (Å²) in [5.41, 5.74) is 6.83. The fourth-order valence-electron chi connectivity index (χ4n) is 6.91. The summed E-state index contributed by atoms with van der Waals surface area (Å²) in [6, 6.07) is 14.6. The van der Waals surface area contributed by atoms with Crippen LogP contribution in [-0.4, -0.2) is 34.6 Å². The number of likely N-dealkylation sites (N-methyl/N-ethyl adjacent to an activating group) is 1. The molecule has 1 N–H and O–H groups in total. The van der Waals surface area contributed by atoms with Crippen LogP contribution in [0.2, 0.25) is 5.02 Å². The summed E-state index contributed by atoms with van der Waals surface area (Å²) in [4.78, 5) is 7.49. The van der Waals surface area contributed by atoms with Gasteiger partial charge in [-0.25, -0.2) is 0 Å². The number of halogens is 1. The van der Waals surface area contributed by atoms with Crippen molar-refractivity contribution in [3.05, 3.63) is 76.1 Å². The van der Waals surface area contributed by atoms with Gasteiger partial charge in [-0.3, -0.25) is 4.98 Å². The maximum Gasteiger partial charge on any atom is 0.166 e. The van der Waals surface area contributed by atoms with Gasteiger partial charge in [0.2, 0.25) is 0 Å². The number of hydrogen-bond donors (Lipinski definition) is 1. The highest BCUT2D eigenvalue weighted by molar-refractivity contribution is 6.33. The Morgan fingerprint density at radius 2 is 2.03 bits per heavy atom. The lowest BCUT2D eigenvalue weighted by molar-refractivity contribution is -0.0260. The molecule has 5 heteroatoms. The van der Waals surface area contributed by atoms with Gasteiger partial charge in [-0.2, -0.15) is 0 Å². The molecule has 1 saturated heterocycles. The number of rotatable bonds is 1. The number of likely N-dealkylation sites (tertiary alicyclic amines) is 1. The molecule has 2 aromatic carbocycles. The fraction of sp³-hybridized carbons (Fsp3) is 0.346. The number of phenols is 1. The monoisotopic (exact) mass is 430 g/mol. The Balaban J connectivity index is 1.45. The third-order valence-electron chi connectivity index (χ3n) is 8.27. The molecule has 0 unspecified atom stereocenters. The first kappa shape index (κ1) is 18.1. The highest BCUT2D eigenvalue weighted by Crippen LogP contribution is 2.66. The maximum atomic E-state index is 10.7. The summed E-state index contributed by atoms with van der Waals surface area (Å²) in [6.45, 7) is 1.04. The molecule has 2 bridgehead atoms. The zero-order chi connectivity index (χ0) is 20.9. The van der Waals surface area contributed by atoms with Crippen LogP contribution in [0, 0.1) is 5.92 Å². The van der Waals surface area contributed by atoms with Crippen molar-refractivity contribution in [3.63, 3.8) is 0 Å². The van der Waals surface area contributed by atoms with Crippen LogP contribution in [0.1, 0.15) is 34.9 Å². The number of piperidine rings is 1. The van der Waals surface area contributed by atoms with Crippen LogP contribution in [0.5, 0.6) is 11.5 Å². The summed E-state index contributed by atoms with van der Waals surface area (Å²) in [5, 5.41) is 11.4. The standard InChI is InChI=1S/C26H23ClN2O2/c1-29-9-8-26-18-11-15-10-16(17-4-2-3-5-19(17)27)13-28-23(15)25(26)31-24-21(30)7-6-14(22(24)26)12-20(18)29/h2-7,10,13,18,20,25,30H,8-9,11-12H2,1H3/t18-,20-,25-,26-/m0/s1. The maximum absolute atomic E-state index is 10.7. The van der Waals surface area contributed by atoms with Crippen molar-refractivity contribution in [1.29, 1.82) is 0 Å². The van der Waals surface area contributed by atoms with Crippen LogP contribution in [0.4, 0.5) is 0 Å². The molecule has 4 aliphatic rings. The lowest BCUT2D eigenvalue weighted by Gasteiger charge is -2.57. The molecule has 3 aromatic rings. The summed E-state index contributed by atoms with van der Waals surface area (Å²) < 4.78 is 6.58. The summed E-state index contributed by atoms with van der Waals surface area (Å²) >= 11 is 6.48. The van der Waals surface area contributed by atoms with E-state index in [9.17, 15) is 5.11 Å². The fourth-order valence-corrected chi connectivity index (χ4v) is 7.15. The second kappa shape index (κ2) is 6.02. The summed E-state index contributed by atoms with van der Waals surface area (Å²) in [7, 11) is 2.25. The van der Waals surface area contributed by atoms with E-state index in [1.165, 1.54) is 16.7 Å². The molecule has 2 aliphatic heterocycles. The normalized spacial score (nSPS) is 29.8. The highest BCUT2D eigenvalue weighted by Gasteiger charge is 2.64. The van der Waals surface area contributed by atoms with Crippen molar-refractivity contribution in [1.82, 2.24) is 9.88 Å². The lowest BCUT2D eigenvalue weighted by Crippen LogP contribution is -2.62. The third kappa shape index (κ3) is 2.17. The van der Waals surface area contributed by atoms with Crippen LogP contribution in [0.25, 0.3) is 11.1 Å². The van der Waals surface area contributed by atoms with Gasteiger partial charge < -0.3 is 14.7 Å². The van der Waals surface area contributed by atoms with Crippen LogP contribution >= 0.6 is 11.6 Å². The van der Waals surface area contributed by atoms with Gasteiger partial charge >= 0.3 is 0 Å². The van der Waals surface area contributed by atoms with E-state index < -0.39 is 0 Å². The van der Waals surface area contributed by atoms with Gasteiger partial charge in [-0.1, -0.05) is 35.9 Å². The molecule has 7 rings (SSSR count). The van der Waals surface area contributed by atoms with Gasteiger partial charge in [0.15, 0.2) is 17.6 Å². The average molecular weight is 431 g/mol. The van der Waals surface area contributed by atoms with Crippen LogP contribution in [0.3, 0.4) is 0 Å². The molecule has 4 nitrogen and oxygen atoms in total. The lowest BCUT2D eigenvalue weighted by atomic mass is 9.51. The Morgan fingerprint density at radius 3 is 2.90 bits per heavy atom. The topological polar surface area (TPSA) is 45.6 Å². The average Bonchev–Trinajstić information content (AvgIpc) is 3.13. The molecule has 0 amide bonds. The van der Waals surface area contributed by atoms with Crippen LogP contribution in [0.15, 0.2) is 48.7 Å². The number of phenolic OH excluding ortho intramolecular Hbond substituents is 1. The number of hydrogen-bond acceptors (Lipinski definition) is 4. The molecule has 1 aromatic heterocycles. The first-order chi connectivity index (χ1) is 15.1. The predicted molar refractivity (Wildman–Crippen MR) is 120 cm³/mol. The summed E-state index contributed by atoms with van der Waals surface area (Å²) in [5.74, 6) is 1.40. The number of aromatic hydroxyl groups is 1.